The molecule has 8 heteroatoms. The first-order valence-corrected chi connectivity index (χ1v) is 11.2. The summed E-state index contributed by atoms with van der Waals surface area (Å²) >= 11 is 0. The number of carbonyl (C=O) groups excluding carboxylic acids is 2. The third-order valence-corrected chi connectivity index (χ3v) is 7.20. The van der Waals surface area contributed by atoms with Gasteiger partial charge in [0.15, 0.2) is 0 Å². The van der Waals surface area contributed by atoms with E-state index in [-0.39, 0.29) is 22.3 Å². The number of anilines is 2. The van der Waals surface area contributed by atoms with E-state index < -0.39 is 10.0 Å². The van der Waals surface area contributed by atoms with E-state index in [9.17, 15) is 18.0 Å². The van der Waals surface area contributed by atoms with Crippen molar-refractivity contribution in [2.75, 3.05) is 29.9 Å². The standard InChI is InChI=1S/C21H23N3O4S/c25-20-7-4-14-24(20)18-10-8-17(9-11-18)22-21(26)16-5-3-6-19(15-16)29(27,28)23-12-1-2-13-23/h3,5-6,8-11,15H,1-2,4,7,12-14H2,(H,22,26). The summed E-state index contributed by atoms with van der Waals surface area (Å²) in [6.07, 6.45) is 3.14. The lowest BCUT2D eigenvalue weighted by molar-refractivity contribution is -0.117. The Balaban J connectivity index is 1.48. The molecule has 0 bridgehead atoms. The van der Waals surface area contributed by atoms with Crippen molar-refractivity contribution in [3.63, 3.8) is 0 Å². The molecule has 2 aliphatic heterocycles. The van der Waals surface area contributed by atoms with Crippen LogP contribution in [-0.4, -0.2) is 44.2 Å². The van der Waals surface area contributed by atoms with Crippen molar-refractivity contribution in [2.45, 2.75) is 30.6 Å². The number of nitrogens with one attached hydrogen (secondary N) is 1. The molecule has 2 fully saturated rings. The quantitative estimate of drug-likeness (QED) is 0.817. The summed E-state index contributed by atoms with van der Waals surface area (Å²) in [4.78, 5) is 26.3. The highest BCUT2D eigenvalue weighted by Crippen LogP contribution is 2.24. The van der Waals surface area contributed by atoms with Crippen molar-refractivity contribution in [2.24, 2.45) is 0 Å². The summed E-state index contributed by atoms with van der Waals surface area (Å²) < 4.78 is 26.9. The van der Waals surface area contributed by atoms with Crippen LogP contribution in [0.15, 0.2) is 53.4 Å². The lowest BCUT2D eigenvalue weighted by atomic mass is 10.2. The minimum atomic E-state index is -3.57. The number of amides is 2. The van der Waals surface area contributed by atoms with Crippen LogP contribution in [0, 0.1) is 0 Å². The number of carbonyl (C=O) groups is 2. The van der Waals surface area contributed by atoms with Gasteiger partial charge in [0.25, 0.3) is 5.91 Å². The van der Waals surface area contributed by atoms with E-state index in [1.165, 1.54) is 16.4 Å². The van der Waals surface area contributed by atoms with Crippen LogP contribution < -0.4 is 10.2 Å². The largest absolute Gasteiger partial charge is 0.322 e. The fourth-order valence-corrected chi connectivity index (χ4v) is 5.29. The van der Waals surface area contributed by atoms with Crippen molar-refractivity contribution >= 4 is 33.2 Å². The van der Waals surface area contributed by atoms with Crippen molar-refractivity contribution < 1.29 is 18.0 Å². The van der Waals surface area contributed by atoms with Crippen molar-refractivity contribution in [1.29, 1.82) is 0 Å². The van der Waals surface area contributed by atoms with Gasteiger partial charge in [0.05, 0.1) is 4.90 Å². The predicted octanol–water partition coefficient (Wildman–Crippen LogP) is 2.85. The van der Waals surface area contributed by atoms with E-state index in [0.717, 1.165) is 24.9 Å². The summed E-state index contributed by atoms with van der Waals surface area (Å²) in [6, 6.07) is 13.2. The number of benzene rings is 2. The summed E-state index contributed by atoms with van der Waals surface area (Å²) in [7, 11) is -3.57. The summed E-state index contributed by atoms with van der Waals surface area (Å²) in [5, 5.41) is 2.78. The molecule has 0 saturated carbocycles. The van der Waals surface area contributed by atoms with Crippen LogP contribution in [0.3, 0.4) is 0 Å². The first kappa shape index (κ1) is 19.6. The Hall–Kier alpha value is -2.71. The maximum atomic E-state index is 12.7. The highest BCUT2D eigenvalue weighted by atomic mass is 32.2. The van der Waals surface area contributed by atoms with E-state index in [1.807, 2.05) is 0 Å². The summed E-state index contributed by atoms with van der Waals surface area (Å²) in [5.41, 5.74) is 1.67. The lowest BCUT2D eigenvalue weighted by Crippen LogP contribution is -2.28. The van der Waals surface area contributed by atoms with Gasteiger partial charge < -0.3 is 10.2 Å². The maximum absolute atomic E-state index is 12.7. The molecule has 4 rings (SSSR count). The molecule has 7 nitrogen and oxygen atoms in total. The number of hydrogen-bond acceptors (Lipinski definition) is 4. The van der Waals surface area contributed by atoms with E-state index in [4.69, 9.17) is 0 Å². The highest BCUT2D eigenvalue weighted by molar-refractivity contribution is 7.89. The molecular formula is C21H23N3O4S. The van der Waals surface area contributed by atoms with Crippen LogP contribution in [-0.2, 0) is 14.8 Å². The molecule has 2 aromatic carbocycles. The Kier molecular flexibility index (Phi) is 5.38. The second-order valence-corrected chi connectivity index (χ2v) is 9.23. The molecule has 29 heavy (non-hydrogen) atoms. The van der Waals surface area contributed by atoms with Gasteiger partial charge in [0.2, 0.25) is 15.9 Å². The van der Waals surface area contributed by atoms with Gasteiger partial charge >= 0.3 is 0 Å². The molecule has 0 aromatic heterocycles. The van der Waals surface area contributed by atoms with E-state index in [1.54, 1.807) is 41.3 Å². The first-order chi connectivity index (χ1) is 13.9. The third-order valence-electron chi connectivity index (χ3n) is 5.31. The molecule has 152 valence electrons. The number of sulfonamides is 1. The minimum Gasteiger partial charge on any atom is -0.322 e. The van der Waals surface area contributed by atoms with Crippen molar-refractivity contribution in [3.8, 4) is 0 Å². The Labute approximate surface area is 170 Å². The van der Waals surface area contributed by atoms with Gasteiger partial charge in [-0.05, 0) is 61.7 Å². The molecule has 2 aliphatic rings. The minimum absolute atomic E-state index is 0.109. The molecule has 0 spiro atoms. The monoisotopic (exact) mass is 413 g/mol. The zero-order valence-corrected chi connectivity index (χ0v) is 16.8. The molecule has 0 radical (unpaired) electrons. The Morgan fingerprint density at radius 2 is 1.66 bits per heavy atom. The fourth-order valence-electron chi connectivity index (χ4n) is 3.72. The van der Waals surface area contributed by atoms with Gasteiger partial charge in [-0.15, -0.1) is 0 Å². The van der Waals surface area contributed by atoms with Crippen LogP contribution in [0.4, 0.5) is 11.4 Å². The van der Waals surface area contributed by atoms with Gasteiger partial charge in [-0.25, -0.2) is 8.42 Å². The van der Waals surface area contributed by atoms with Crippen molar-refractivity contribution in [1.82, 2.24) is 4.31 Å². The second-order valence-electron chi connectivity index (χ2n) is 7.29. The topological polar surface area (TPSA) is 86.8 Å². The van der Waals surface area contributed by atoms with Gasteiger partial charge in [0, 0.05) is 43.0 Å². The van der Waals surface area contributed by atoms with Crippen LogP contribution in [0.5, 0.6) is 0 Å². The second kappa shape index (κ2) is 7.96. The van der Waals surface area contributed by atoms with Crippen LogP contribution in [0.2, 0.25) is 0 Å². The molecule has 2 amide bonds. The molecule has 2 saturated heterocycles. The van der Waals surface area contributed by atoms with Gasteiger partial charge in [-0.1, -0.05) is 6.07 Å². The predicted molar refractivity (Wildman–Crippen MR) is 110 cm³/mol. The Bertz CT molecular complexity index is 1030. The highest BCUT2D eigenvalue weighted by Gasteiger charge is 2.27. The van der Waals surface area contributed by atoms with Crippen LogP contribution in [0.25, 0.3) is 0 Å². The Morgan fingerprint density at radius 3 is 2.31 bits per heavy atom. The molecule has 0 unspecified atom stereocenters. The number of nitrogens with zero attached hydrogens (tertiary/aromatic N) is 2. The van der Waals surface area contributed by atoms with E-state index in [2.05, 4.69) is 5.32 Å². The molecule has 2 aromatic rings. The molecular weight excluding hydrogens is 390 g/mol. The van der Waals surface area contributed by atoms with Gasteiger partial charge in [0.1, 0.15) is 0 Å². The molecule has 2 heterocycles. The Morgan fingerprint density at radius 1 is 0.931 bits per heavy atom. The lowest BCUT2D eigenvalue weighted by Gasteiger charge is -2.17. The molecule has 1 N–H and O–H groups in total. The normalized spacial score (nSPS) is 17.7. The summed E-state index contributed by atoms with van der Waals surface area (Å²) in [5.74, 6) is -0.272. The number of hydrogen-bond donors (Lipinski definition) is 1. The average Bonchev–Trinajstić information content (AvgIpc) is 3.41. The van der Waals surface area contributed by atoms with E-state index in [0.29, 0.717) is 31.7 Å². The molecule has 0 aliphatic carbocycles. The zero-order chi connectivity index (χ0) is 20.4. The summed E-state index contributed by atoms with van der Waals surface area (Å²) in [6.45, 7) is 1.75. The fraction of sp³-hybridized carbons (Fsp3) is 0.333. The van der Waals surface area contributed by atoms with Crippen LogP contribution >= 0.6 is 0 Å². The van der Waals surface area contributed by atoms with E-state index >= 15 is 0 Å². The van der Waals surface area contributed by atoms with Crippen LogP contribution in [0.1, 0.15) is 36.0 Å². The first-order valence-electron chi connectivity index (χ1n) is 9.77. The number of rotatable bonds is 5. The van der Waals surface area contributed by atoms with Gasteiger partial charge in [-0.2, -0.15) is 4.31 Å². The van der Waals surface area contributed by atoms with Gasteiger partial charge in [-0.3, -0.25) is 9.59 Å². The zero-order valence-electron chi connectivity index (χ0n) is 16.0. The third kappa shape index (κ3) is 4.04. The SMILES string of the molecule is O=C(Nc1ccc(N2CCCC2=O)cc1)c1cccc(S(=O)(=O)N2CCCC2)c1. The van der Waals surface area contributed by atoms with Crippen molar-refractivity contribution in [3.05, 3.63) is 54.1 Å². The maximum Gasteiger partial charge on any atom is 0.255 e. The average molecular weight is 413 g/mol. The molecule has 0 atom stereocenters. The smallest absolute Gasteiger partial charge is 0.255 e.